The van der Waals surface area contributed by atoms with Crippen LogP contribution in [0, 0.1) is 5.92 Å². The molecule has 0 bridgehead atoms. The Hall–Kier alpha value is -1.92. The number of amides is 1. The average molecular weight is 254 g/mol. The predicted octanol–water partition coefficient (Wildman–Crippen LogP) is 0.529. The first-order valence-electron chi connectivity index (χ1n) is 5.96. The van der Waals surface area contributed by atoms with Crippen LogP contribution >= 0.6 is 0 Å². The summed E-state index contributed by atoms with van der Waals surface area (Å²) in [6, 6.07) is 0. The van der Waals surface area contributed by atoms with Crippen molar-refractivity contribution in [2.24, 2.45) is 5.92 Å². The normalized spacial score (nSPS) is 10.6. The summed E-state index contributed by atoms with van der Waals surface area (Å²) < 4.78 is 1.12. The Balaban J connectivity index is 2.51. The fourth-order valence-corrected chi connectivity index (χ4v) is 1.52. The van der Waals surface area contributed by atoms with Crippen LogP contribution in [0.1, 0.15) is 37.2 Å². The first-order valence-corrected chi connectivity index (χ1v) is 5.96. The molecule has 1 aromatic rings. The van der Waals surface area contributed by atoms with Crippen molar-refractivity contribution in [2.75, 3.05) is 6.54 Å². The van der Waals surface area contributed by atoms with Gasteiger partial charge in [-0.15, -0.1) is 5.10 Å². The molecule has 0 fully saturated rings. The van der Waals surface area contributed by atoms with E-state index in [1.807, 2.05) is 0 Å². The van der Waals surface area contributed by atoms with Gasteiger partial charge in [0, 0.05) is 6.54 Å². The fraction of sp³-hybridized carbons (Fsp3) is 0.636. The number of aliphatic carboxylic acids is 1. The number of nitrogens with one attached hydrogen (secondary N) is 1. The maximum atomic E-state index is 11.7. The number of aromatic nitrogens is 3. The number of carboxylic acid groups (broad SMARTS) is 1. The molecule has 0 aliphatic carbocycles. The summed E-state index contributed by atoms with van der Waals surface area (Å²) in [5, 5.41) is 18.5. The summed E-state index contributed by atoms with van der Waals surface area (Å²) in [5.41, 5.74) is 0.141. The molecule has 7 heteroatoms. The fourth-order valence-electron chi connectivity index (χ4n) is 1.52. The Morgan fingerprint density at radius 3 is 2.67 bits per heavy atom. The van der Waals surface area contributed by atoms with Gasteiger partial charge in [0.2, 0.25) is 0 Å². The van der Waals surface area contributed by atoms with Gasteiger partial charge in [0.15, 0.2) is 5.69 Å². The average Bonchev–Trinajstić information content (AvgIpc) is 2.77. The maximum Gasteiger partial charge on any atom is 0.325 e. The zero-order valence-electron chi connectivity index (χ0n) is 10.6. The summed E-state index contributed by atoms with van der Waals surface area (Å²) in [6.45, 7) is 4.44. The van der Waals surface area contributed by atoms with Gasteiger partial charge in [-0.1, -0.05) is 31.9 Å². The highest BCUT2D eigenvalue weighted by molar-refractivity contribution is 5.91. The number of nitrogens with zero attached hydrogens (tertiary/aromatic N) is 3. The zero-order valence-corrected chi connectivity index (χ0v) is 10.6. The minimum absolute atomic E-state index is 0.141. The van der Waals surface area contributed by atoms with Crippen molar-refractivity contribution in [1.29, 1.82) is 0 Å². The quantitative estimate of drug-likeness (QED) is 0.739. The number of carbonyl (C=O) groups excluding carboxylic acids is 1. The molecule has 0 saturated carbocycles. The van der Waals surface area contributed by atoms with E-state index in [2.05, 4.69) is 29.5 Å². The molecule has 100 valence electrons. The van der Waals surface area contributed by atoms with Crippen LogP contribution in [0.25, 0.3) is 0 Å². The van der Waals surface area contributed by atoms with Crippen molar-refractivity contribution in [3.63, 3.8) is 0 Å². The molecule has 1 rings (SSSR count). The second-order valence-electron chi connectivity index (χ2n) is 4.09. The van der Waals surface area contributed by atoms with Crippen LogP contribution in [0.5, 0.6) is 0 Å². The molecule has 1 amide bonds. The van der Waals surface area contributed by atoms with Crippen molar-refractivity contribution in [1.82, 2.24) is 20.3 Å². The molecular formula is C11H18N4O3. The monoisotopic (exact) mass is 254 g/mol. The number of carboxylic acids is 1. The van der Waals surface area contributed by atoms with Gasteiger partial charge >= 0.3 is 5.97 Å². The third-order valence-electron chi connectivity index (χ3n) is 2.77. The molecule has 7 nitrogen and oxygen atoms in total. The molecule has 0 atom stereocenters. The lowest BCUT2D eigenvalue weighted by Crippen LogP contribution is -2.29. The maximum absolute atomic E-state index is 11.7. The van der Waals surface area contributed by atoms with Gasteiger partial charge in [-0.3, -0.25) is 9.59 Å². The summed E-state index contributed by atoms with van der Waals surface area (Å²) in [4.78, 5) is 22.2. The molecule has 0 saturated heterocycles. The van der Waals surface area contributed by atoms with Crippen molar-refractivity contribution < 1.29 is 14.7 Å². The van der Waals surface area contributed by atoms with Crippen LogP contribution in [0.4, 0.5) is 0 Å². The van der Waals surface area contributed by atoms with Crippen LogP contribution in [-0.2, 0) is 11.3 Å². The smallest absolute Gasteiger partial charge is 0.325 e. The summed E-state index contributed by atoms with van der Waals surface area (Å²) >= 11 is 0. The first kappa shape index (κ1) is 14.1. The van der Waals surface area contributed by atoms with Crippen molar-refractivity contribution in [2.45, 2.75) is 33.2 Å². The third kappa shape index (κ3) is 4.15. The molecule has 2 N–H and O–H groups in total. The SMILES string of the molecule is CCC(CC)CNC(=O)c1cn(CC(=O)O)nn1. The lowest BCUT2D eigenvalue weighted by atomic mass is 10.0. The van der Waals surface area contributed by atoms with E-state index in [1.54, 1.807) is 0 Å². The van der Waals surface area contributed by atoms with Crippen LogP contribution in [0.2, 0.25) is 0 Å². The second kappa shape index (κ2) is 6.73. The van der Waals surface area contributed by atoms with E-state index >= 15 is 0 Å². The molecule has 18 heavy (non-hydrogen) atoms. The number of carbonyl (C=O) groups is 2. The highest BCUT2D eigenvalue weighted by atomic mass is 16.4. The van der Waals surface area contributed by atoms with Gasteiger partial charge in [-0.25, -0.2) is 4.68 Å². The minimum Gasteiger partial charge on any atom is -0.480 e. The Labute approximate surface area is 105 Å². The van der Waals surface area contributed by atoms with Crippen LogP contribution in [0.3, 0.4) is 0 Å². The van der Waals surface area contributed by atoms with Gasteiger partial charge in [0.1, 0.15) is 6.54 Å². The van der Waals surface area contributed by atoms with Gasteiger partial charge in [0.05, 0.1) is 6.20 Å². The molecule has 0 aliphatic heterocycles. The van der Waals surface area contributed by atoms with Crippen molar-refractivity contribution in [3.05, 3.63) is 11.9 Å². The lowest BCUT2D eigenvalue weighted by Gasteiger charge is -2.11. The van der Waals surface area contributed by atoms with E-state index in [-0.39, 0.29) is 18.1 Å². The molecular weight excluding hydrogens is 236 g/mol. The highest BCUT2D eigenvalue weighted by Crippen LogP contribution is 2.05. The highest BCUT2D eigenvalue weighted by Gasteiger charge is 2.13. The van der Waals surface area contributed by atoms with E-state index < -0.39 is 5.97 Å². The molecule has 0 radical (unpaired) electrons. The van der Waals surface area contributed by atoms with E-state index in [9.17, 15) is 9.59 Å². The standard InChI is InChI=1S/C11H18N4O3/c1-3-8(4-2)5-12-11(18)9-6-15(14-13-9)7-10(16)17/h6,8H,3-5,7H2,1-2H3,(H,12,18)(H,16,17). The molecule has 1 aromatic heterocycles. The topological polar surface area (TPSA) is 97.1 Å². The summed E-state index contributed by atoms with van der Waals surface area (Å²) in [7, 11) is 0. The van der Waals surface area contributed by atoms with E-state index in [1.165, 1.54) is 6.20 Å². The summed E-state index contributed by atoms with van der Waals surface area (Å²) in [5.74, 6) is -0.898. The van der Waals surface area contributed by atoms with Crippen LogP contribution in [0.15, 0.2) is 6.20 Å². The van der Waals surface area contributed by atoms with Gasteiger partial charge in [-0.05, 0) is 5.92 Å². The Morgan fingerprint density at radius 1 is 1.44 bits per heavy atom. The number of hydrogen-bond acceptors (Lipinski definition) is 4. The lowest BCUT2D eigenvalue weighted by molar-refractivity contribution is -0.137. The molecule has 0 spiro atoms. The Bertz CT molecular complexity index is 412. The molecule has 0 aliphatic rings. The molecule has 0 aromatic carbocycles. The number of hydrogen-bond donors (Lipinski definition) is 2. The minimum atomic E-state index is -1.02. The zero-order chi connectivity index (χ0) is 13.5. The van der Waals surface area contributed by atoms with Crippen LogP contribution in [-0.4, -0.2) is 38.5 Å². The van der Waals surface area contributed by atoms with Crippen molar-refractivity contribution >= 4 is 11.9 Å². The molecule has 1 heterocycles. The van der Waals surface area contributed by atoms with E-state index in [0.717, 1.165) is 17.5 Å². The number of rotatable bonds is 7. The van der Waals surface area contributed by atoms with Gasteiger partial charge in [-0.2, -0.15) is 0 Å². The van der Waals surface area contributed by atoms with Crippen LogP contribution < -0.4 is 5.32 Å². The molecule has 0 unspecified atom stereocenters. The van der Waals surface area contributed by atoms with Crippen molar-refractivity contribution in [3.8, 4) is 0 Å². The van der Waals surface area contributed by atoms with E-state index in [0.29, 0.717) is 12.5 Å². The largest absolute Gasteiger partial charge is 0.480 e. The van der Waals surface area contributed by atoms with Gasteiger partial charge in [0.25, 0.3) is 5.91 Å². The Kier molecular flexibility index (Phi) is 5.29. The Morgan fingerprint density at radius 2 is 2.11 bits per heavy atom. The third-order valence-corrected chi connectivity index (χ3v) is 2.77. The first-order chi connectivity index (χ1) is 8.56. The van der Waals surface area contributed by atoms with E-state index in [4.69, 9.17) is 5.11 Å². The predicted molar refractivity (Wildman–Crippen MR) is 64.1 cm³/mol. The second-order valence-corrected chi connectivity index (χ2v) is 4.09. The summed E-state index contributed by atoms with van der Waals surface area (Å²) in [6.07, 6.45) is 3.33. The van der Waals surface area contributed by atoms with Gasteiger partial charge < -0.3 is 10.4 Å².